The summed E-state index contributed by atoms with van der Waals surface area (Å²) in [5.74, 6) is 0.260. The number of nitrogens with one attached hydrogen (secondary N) is 1. The van der Waals surface area contributed by atoms with E-state index in [-0.39, 0.29) is 12.4 Å². The third kappa shape index (κ3) is 3.58. The molecular formula is C15H24N6O4. The molecule has 138 valence electrons. The molecule has 3 heterocycles. The maximum absolute atomic E-state index is 10.4. The topological polar surface area (TPSA) is 141 Å². The number of imidazole rings is 1. The van der Waals surface area contributed by atoms with Crippen LogP contribution in [0.25, 0.3) is 11.2 Å². The van der Waals surface area contributed by atoms with E-state index in [1.807, 2.05) is 0 Å². The number of unbranched alkanes of at least 4 members (excludes halogenated alkanes) is 2. The van der Waals surface area contributed by atoms with Crippen LogP contribution >= 0.6 is 0 Å². The molecule has 1 aliphatic rings. The van der Waals surface area contributed by atoms with Gasteiger partial charge in [-0.3, -0.25) is 9.40 Å². The molecule has 1 fully saturated rings. The van der Waals surface area contributed by atoms with Gasteiger partial charge in [0.05, 0.1) is 12.9 Å². The van der Waals surface area contributed by atoms with E-state index < -0.39 is 24.5 Å². The van der Waals surface area contributed by atoms with E-state index in [0.29, 0.717) is 17.7 Å². The largest absolute Gasteiger partial charge is 0.394 e. The zero-order valence-corrected chi connectivity index (χ0v) is 14.1. The van der Waals surface area contributed by atoms with Crippen LogP contribution in [-0.4, -0.2) is 61.2 Å². The standard InChI is InChI=1S/C15H24N6O4/c1-2-3-4-5-20-25-12-11(23)9(6-22)24-15(12)21-8-19-10-13(16)17-7-18-14(10)21/h7-9,11-12,15,20,22-23H,2-6H2,1H3,(H2,16,17,18)/t9-,11-,12-,15-/m1/s1. The quantitative estimate of drug-likeness (QED) is 0.373. The number of nitrogens with zero attached hydrogens (tertiary/aromatic N) is 4. The van der Waals surface area contributed by atoms with Crippen molar-refractivity contribution in [2.45, 2.75) is 50.7 Å². The predicted octanol–water partition coefficient (Wildman–Crippen LogP) is -0.261. The summed E-state index contributed by atoms with van der Waals surface area (Å²) in [5.41, 5.74) is 9.61. The molecule has 25 heavy (non-hydrogen) atoms. The SMILES string of the molecule is CCCCCNO[C@@H]1[C@H](O)[C@@H](CO)O[C@H]1n1cnc2c(N)ncnc21. The monoisotopic (exact) mass is 352 g/mol. The smallest absolute Gasteiger partial charge is 0.168 e. The van der Waals surface area contributed by atoms with Crippen LogP contribution in [-0.2, 0) is 9.57 Å². The third-order valence-corrected chi connectivity index (χ3v) is 4.26. The lowest BCUT2D eigenvalue weighted by Crippen LogP contribution is -2.39. The number of hydrogen-bond donors (Lipinski definition) is 4. The van der Waals surface area contributed by atoms with Crippen molar-refractivity contribution < 1.29 is 19.8 Å². The first-order valence-corrected chi connectivity index (χ1v) is 8.43. The Kier molecular flexibility index (Phi) is 5.76. The van der Waals surface area contributed by atoms with Crippen LogP contribution in [0.4, 0.5) is 5.82 Å². The highest BCUT2D eigenvalue weighted by Gasteiger charge is 2.46. The molecule has 1 aliphatic heterocycles. The van der Waals surface area contributed by atoms with E-state index in [4.69, 9.17) is 15.3 Å². The maximum atomic E-state index is 10.4. The zero-order chi connectivity index (χ0) is 17.8. The van der Waals surface area contributed by atoms with E-state index >= 15 is 0 Å². The minimum absolute atomic E-state index is 0.260. The van der Waals surface area contributed by atoms with E-state index in [1.54, 1.807) is 4.57 Å². The van der Waals surface area contributed by atoms with Gasteiger partial charge in [0.15, 0.2) is 23.8 Å². The average molecular weight is 352 g/mol. The fraction of sp³-hybridized carbons (Fsp3) is 0.667. The van der Waals surface area contributed by atoms with E-state index in [2.05, 4.69) is 27.4 Å². The summed E-state index contributed by atoms with van der Waals surface area (Å²) in [6, 6.07) is 0. The van der Waals surface area contributed by atoms with Gasteiger partial charge in [0, 0.05) is 6.54 Å². The molecule has 3 rings (SSSR count). The molecular weight excluding hydrogens is 328 g/mol. The van der Waals surface area contributed by atoms with Crippen LogP contribution in [0, 0.1) is 0 Å². The lowest BCUT2D eigenvalue weighted by atomic mass is 10.1. The summed E-state index contributed by atoms with van der Waals surface area (Å²) < 4.78 is 7.39. The Hall–Kier alpha value is -1.85. The van der Waals surface area contributed by atoms with Gasteiger partial charge in [-0.05, 0) is 6.42 Å². The molecule has 0 bridgehead atoms. The van der Waals surface area contributed by atoms with Crippen LogP contribution in [0.3, 0.4) is 0 Å². The van der Waals surface area contributed by atoms with E-state index in [0.717, 1.165) is 19.3 Å². The second-order valence-electron chi connectivity index (χ2n) is 6.01. The van der Waals surface area contributed by atoms with Crippen molar-refractivity contribution in [1.29, 1.82) is 0 Å². The van der Waals surface area contributed by atoms with Crippen molar-refractivity contribution in [2.75, 3.05) is 18.9 Å². The number of nitrogens with two attached hydrogens (primary N) is 1. The highest BCUT2D eigenvalue weighted by molar-refractivity contribution is 5.81. The second kappa shape index (κ2) is 8.02. The van der Waals surface area contributed by atoms with Crippen LogP contribution in [0.2, 0.25) is 0 Å². The van der Waals surface area contributed by atoms with Crippen molar-refractivity contribution in [3.63, 3.8) is 0 Å². The van der Waals surface area contributed by atoms with Gasteiger partial charge in [-0.1, -0.05) is 19.8 Å². The Morgan fingerprint density at radius 3 is 2.96 bits per heavy atom. The highest BCUT2D eigenvalue weighted by Crippen LogP contribution is 2.33. The van der Waals surface area contributed by atoms with Gasteiger partial charge in [-0.25, -0.2) is 20.4 Å². The molecule has 5 N–H and O–H groups in total. The number of nitrogen functional groups attached to an aromatic ring is 1. The molecule has 0 saturated carbocycles. The van der Waals surface area contributed by atoms with Gasteiger partial charge in [0.25, 0.3) is 0 Å². The average Bonchev–Trinajstić information content (AvgIpc) is 3.17. The van der Waals surface area contributed by atoms with Crippen LogP contribution in [0.1, 0.15) is 32.4 Å². The third-order valence-electron chi connectivity index (χ3n) is 4.26. The number of rotatable bonds is 8. The lowest BCUT2D eigenvalue weighted by molar-refractivity contribution is -0.109. The number of ether oxygens (including phenoxy) is 1. The number of fused-ring (bicyclic) bond motifs is 1. The van der Waals surface area contributed by atoms with Gasteiger partial charge < -0.3 is 20.7 Å². The number of anilines is 1. The summed E-state index contributed by atoms with van der Waals surface area (Å²) in [4.78, 5) is 18.0. The summed E-state index contributed by atoms with van der Waals surface area (Å²) in [5, 5.41) is 19.8. The van der Waals surface area contributed by atoms with Gasteiger partial charge in [0.2, 0.25) is 0 Å². The first-order valence-electron chi connectivity index (χ1n) is 8.43. The van der Waals surface area contributed by atoms with Crippen molar-refractivity contribution >= 4 is 17.0 Å². The number of aliphatic hydroxyl groups is 2. The lowest BCUT2D eigenvalue weighted by Gasteiger charge is -2.21. The van der Waals surface area contributed by atoms with Crippen LogP contribution in [0.5, 0.6) is 0 Å². The van der Waals surface area contributed by atoms with Crippen molar-refractivity contribution in [2.24, 2.45) is 0 Å². The molecule has 10 nitrogen and oxygen atoms in total. The zero-order valence-electron chi connectivity index (χ0n) is 14.1. The fourth-order valence-electron chi connectivity index (χ4n) is 2.88. The summed E-state index contributed by atoms with van der Waals surface area (Å²) >= 11 is 0. The molecule has 0 unspecified atom stereocenters. The van der Waals surface area contributed by atoms with Crippen molar-refractivity contribution in [1.82, 2.24) is 25.0 Å². The Morgan fingerprint density at radius 1 is 1.36 bits per heavy atom. The van der Waals surface area contributed by atoms with Gasteiger partial charge in [-0.2, -0.15) is 0 Å². The second-order valence-corrected chi connectivity index (χ2v) is 6.01. The molecule has 0 spiro atoms. The van der Waals surface area contributed by atoms with E-state index in [9.17, 15) is 10.2 Å². The summed E-state index contributed by atoms with van der Waals surface area (Å²) in [6.45, 7) is 2.46. The number of aromatic nitrogens is 4. The highest BCUT2D eigenvalue weighted by atomic mass is 16.7. The van der Waals surface area contributed by atoms with Gasteiger partial charge >= 0.3 is 0 Å². The minimum Gasteiger partial charge on any atom is -0.394 e. The van der Waals surface area contributed by atoms with Crippen LogP contribution < -0.4 is 11.2 Å². The van der Waals surface area contributed by atoms with Crippen LogP contribution in [0.15, 0.2) is 12.7 Å². The first-order chi connectivity index (χ1) is 12.2. The molecule has 4 atom stereocenters. The minimum atomic E-state index is -0.995. The number of hydrogen-bond acceptors (Lipinski definition) is 9. The number of hydroxylamine groups is 1. The predicted molar refractivity (Wildman–Crippen MR) is 89.1 cm³/mol. The Morgan fingerprint density at radius 2 is 2.20 bits per heavy atom. The molecule has 0 aliphatic carbocycles. The molecule has 0 aromatic carbocycles. The Balaban J connectivity index is 1.79. The van der Waals surface area contributed by atoms with E-state index in [1.165, 1.54) is 12.7 Å². The van der Waals surface area contributed by atoms with Gasteiger partial charge in [-0.15, -0.1) is 0 Å². The molecule has 0 amide bonds. The Bertz CT molecular complexity index is 696. The summed E-state index contributed by atoms with van der Waals surface area (Å²) in [6.07, 6.45) is 2.82. The normalized spacial score (nSPS) is 26.5. The van der Waals surface area contributed by atoms with Crippen molar-refractivity contribution in [3.05, 3.63) is 12.7 Å². The molecule has 2 aromatic heterocycles. The molecule has 0 radical (unpaired) electrons. The molecule has 2 aromatic rings. The summed E-state index contributed by atoms with van der Waals surface area (Å²) in [7, 11) is 0. The Labute approximate surface area is 144 Å². The first kappa shape index (κ1) is 18.0. The van der Waals surface area contributed by atoms with Crippen molar-refractivity contribution in [3.8, 4) is 0 Å². The maximum Gasteiger partial charge on any atom is 0.168 e. The fourth-order valence-corrected chi connectivity index (χ4v) is 2.88. The number of aliphatic hydroxyl groups excluding tert-OH is 2. The molecule has 1 saturated heterocycles. The molecule has 10 heteroatoms. The van der Waals surface area contributed by atoms with Gasteiger partial charge in [0.1, 0.15) is 24.1 Å².